The van der Waals surface area contributed by atoms with Gasteiger partial charge in [-0.15, -0.1) is 11.3 Å². The molecule has 0 radical (unpaired) electrons. The van der Waals surface area contributed by atoms with Crippen molar-refractivity contribution < 1.29 is 23.9 Å². The van der Waals surface area contributed by atoms with E-state index in [0.29, 0.717) is 6.42 Å². The lowest BCUT2D eigenvalue weighted by Gasteiger charge is -2.28. The van der Waals surface area contributed by atoms with E-state index in [2.05, 4.69) is 10.6 Å². The molecule has 7 nitrogen and oxygen atoms in total. The lowest BCUT2D eigenvalue weighted by atomic mass is 10.0. The Bertz CT molecular complexity index is 751. The van der Waals surface area contributed by atoms with Crippen molar-refractivity contribution in [1.29, 1.82) is 0 Å². The summed E-state index contributed by atoms with van der Waals surface area (Å²) in [7, 11) is 0. The third kappa shape index (κ3) is 4.95. The maximum absolute atomic E-state index is 12.2. The van der Waals surface area contributed by atoms with E-state index in [9.17, 15) is 14.4 Å². The molecule has 8 heteroatoms. The number of urea groups is 1. The highest BCUT2D eigenvalue weighted by molar-refractivity contribution is 7.11. The lowest BCUT2D eigenvalue weighted by Crippen LogP contribution is -2.51. The second kappa shape index (κ2) is 9.19. The number of thiophene rings is 1. The van der Waals surface area contributed by atoms with Gasteiger partial charge in [0.05, 0.1) is 23.9 Å². The number of hydrogen-bond donors (Lipinski definition) is 2. The molecular formula is C18H22N2O5S. The van der Waals surface area contributed by atoms with Crippen LogP contribution in [0.2, 0.25) is 0 Å². The molecule has 1 aromatic heterocycles. The van der Waals surface area contributed by atoms with Crippen LogP contribution in [-0.2, 0) is 19.1 Å². The summed E-state index contributed by atoms with van der Waals surface area (Å²) >= 11 is 1.52. The fourth-order valence-corrected chi connectivity index (χ4v) is 3.29. The van der Waals surface area contributed by atoms with E-state index < -0.39 is 24.0 Å². The maximum atomic E-state index is 12.2. The van der Waals surface area contributed by atoms with Crippen LogP contribution in [0.3, 0.4) is 0 Å². The van der Waals surface area contributed by atoms with E-state index >= 15 is 0 Å². The Labute approximate surface area is 156 Å². The average molecular weight is 378 g/mol. The first kappa shape index (κ1) is 19.7. The zero-order chi connectivity index (χ0) is 19.1. The van der Waals surface area contributed by atoms with Crippen LogP contribution in [0.5, 0.6) is 0 Å². The molecule has 1 aromatic rings. The second-order valence-electron chi connectivity index (χ2n) is 5.58. The van der Waals surface area contributed by atoms with E-state index in [1.807, 2.05) is 25.3 Å². The predicted molar refractivity (Wildman–Crippen MR) is 98.5 cm³/mol. The van der Waals surface area contributed by atoms with Gasteiger partial charge in [-0.1, -0.05) is 6.92 Å². The number of ether oxygens (including phenoxy) is 2. The molecule has 1 aliphatic rings. The van der Waals surface area contributed by atoms with Crippen molar-refractivity contribution >= 4 is 35.4 Å². The molecule has 2 rings (SSSR count). The number of rotatable bonds is 7. The SMILES string of the molecule is CCOC(=O)C1=C(COC(=O)/C=C/c2sccc2C)NC(=O)N[C@H]1CC. The number of esters is 2. The predicted octanol–water partition coefficient (Wildman–Crippen LogP) is 2.52. The number of carbonyl (C=O) groups is 3. The molecule has 0 saturated heterocycles. The van der Waals surface area contributed by atoms with Crippen LogP contribution in [0.4, 0.5) is 4.79 Å². The van der Waals surface area contributed by atoms with Gasteiger partial charge in [-0.2, -0.15) is 0 Å². The van der Waals surface area contributed by atoms with E-state index in [-0.39, 0.29) is 24.5 Å². The van der Waals surface area contributed by atoms with Gasteiger partial charge >= 0.3 is 18.0 Å². The second-order valence-corrected chi connectivity index (χ2v) is 6.53. The Morgan fingerprint density at radius 1 is 1.31 bits per heavy atom. The summed E-state index contributed by atoms with van der Waals surface area (Å²) in [5.41, 5.74) is 1.59. The maximum Gasteiger partial charge on any atom is 0.338 e. The molecule has 1 aliphatic heterocycles. The van der Waals surface area contributed by atoms with Crippen molar-refractivity contribution in [3.63, 3.8) is 0 Å². The van der Waals surface area contributed by atoms with Crippen molar-refractivity contribution in [1.82, 2.24) is 10.6 Å². The number of amides is 2. The summed E-state index contributed by atoms with van der Waals surface area (Å²) in [6, 6.07) is 1.03. The van der Waals surface area contributed by atoms with Gasteiger partial charge in [0.25, 0.3) is 0 Å². The Morgan fingerprint density at radius 2 is 2.08 bits per heavy atom. The first-order chi connectivity index (χ1) is 12.5. The summed E-state index contributed by atoms with van der Waals surface area (Å²) in [6.45, 7) is 5.48. The minimum absolute atomic E-state index is 0.211. The van der Waals surface area contributed by atoms with Gasteiger partial charge in [0.2, 0.25) is 0 Å². The van der Waals surface area contributed by atoms with Crippen molar-refractivity contribution in [2.24, 2.45) is 0 Å². The molecule has 0 saturated carbocycles. The average Bonchev–Trinajstić information content (AvgIpc) is 3.02. The standard InChI is InChI=1S/C18H22N2O5S/c1-4-12-16(17(22)24-5-2)13(20-18(23)19-12)10-25-15(21)7-6-14-11(3)8-9-26-14/h6-9,12H,4-5,10H2,1-3H3,(H2,19,20,23)/b7-6+/t12-/m0/s1. The van der Waals surface area contributed by atoms with E-state index in [4.69, 9.17) is 9.47 Å². The number of aryl methyl sites for hydroxylation is 1. The summed E-state index contributed by atoms with van der Waals surface area (Å²) in [5, 5.41) is 7.13. The van der Waals surface area contributed by atoms with Gasteiger partial charge in [0, 0.05) is 11.0 Å². The molecule has 2 heterocycles. The molecule has 2 amide bonds. The molecule has 0 aromatic carbocycles. The van der Waals surface area contributed by atoms with Gasteiger partial charge in [-0.05, 0) is 43.4 Å². The summed E-state index contributed by atoms with van der Waals surface area (Å²) in [4.78, 5) is 36.9. The molecule has 0 aliphatic carbocycles. The van der Waals surface area contributed by atoms with Gasteiger partial charge in [0.15, 0.2) is 0 Å². The largest absolute Gasteiger partial charge is 0.463 e. The Morgan fingerprint density at radius 3 is 2.69 bits per heavy atom. The van der Waals surface area contributed by atoms with Crippen LogP contribution in [0.25, 0.3) is 6.08 Å². The zero-order valence-corrected chi connectivity index (χ0v) is 15.8. The van der Waals surface area contributed by atoms with Crippen molar-refractivity contribution in [2.45, 2.75) is 33.2 Å². The molecule has 0 bridgehead atoms. The normalized spacial score (nSPS) is 17.0. The summed E-state index contributed by atoms with van der Waals surface area (Å²) in [5.74, 6) is -1.10. The molecule has 0 fully saturated rings. The van der Waals surface area contributed by atoms with Crippen molar-refractivity contribution in [3.8, 4) is 0 Å². The summed E-state index contributed by atoms with van der Waals surface area (Å²) < 4.78 is 10.2. The van der Waals surface area contributed by atoms with Crippen LogP contribution in [0.15, 0.2) is 28.8 Å². The minimum Gasteiger partial charge on any atom is -0.463 e. The van der Waals surface area contributed by atoms with Crippen LogP contribution < -0.4 is 10.6 Å². The smallest absolute Gasteiger partial charge is 0.338 e. The third-order valence-corrected chi connectivity index (χ3v) is 4.76. The molecule has 2 N–H and O–H groups in total. The topological polar surface area (TPSA) is 93.7 Å². The molecule has 0 unspecified atom stereocenters. The van der Waals surface area contributed by atoms with E-state index in [0.717, 1.165) is 10.4 Å². The summed E-state index contributed by atoms with van der Waals surface area (Å²) in [6.07, 6.45) is 3.51. The fraction of sp³-hybridized carbons (Fsp3) is 0.389. The quantitative estimate of drug-likeness (QED) is 0.562. The highest BCUT2D eigenvalue weighted by Gasteiger charge is 2.31. The first-order valence-electron chi connectivity index (χ1n) is 8.32. The van der Waals surface area contributed by atoms with E-state index in [1.165, 1.54) is 17.4 Å². The van der Waals surface area contributed by atoms with E-state index in [1.54, 1.807) is 13.0 Å². The highest BCUT2D eigenvalue weighted by atomic mass is 32.1. The van der Waals surface area contributed by atoms with Crippen LogP contribution >= 0.6 is 11.3 Å². The van der Waals surface area contributed by atoms with Gasteiger partial charge in [0.1, 0.15) is 6.61 Å². The zero-order valence-electron chi connectivity index (χ0n) is 15.0. The Hall–Kier alpha value is -2.61. The molecular weight excluding hydrogens is 356 g/mol. The monoisotopic (exact) mass is 378 g/mol. The van der Waals surface area contributed by atoms with Gasteiger partial charge in [-0.3, -0.25) is 0 Å². The van der Waals surface area contributed by atoms with Crippen molar-refractivity contribution in [2.75, 3.05) is 13.2 Å². The number of hydrogen-bond acceptors (Lipinski definition) is 6. The van der Waals surface area contributed by atoms with Crippen LogP contribution in [-0.4, -0.2) is 37.2 Å². The first-order valence-corrected chi connectivity index (χ1v) is 9.20. The highest BCUT2D eigenvalue weighted by Crippen LogP contribution is 2.18. The van der Waals surface area contributed by atoms with Crippen LogP contribution in [0, 0.1) is 6.92 Å². The Balaban J connectivity index is 2.11. The fourth-order valence-electron chi connectivity index (χ4n) is 2.47. The molecule has 26 heavy (non-hydrogen) atoms. The minimum atomic E-state index is -0.561. The Kier molecular flexibility index (Phi) is 6.97. The van der Waals surface area contributed by atoms with Crippen molar-refractivity contribution in [3.05, 3.63) is 39.2 Å². The van der Waals surface area contributed by atoms with Gasteiger partial charge < -0.3 is 20.1 Å². The lowest BCUT2D eigenvalue weighted by molar-refractivity contribution is -0.140. The molecule has 0 spiro atoms. The number of nitrogens with one attached hydrogen (secondary N) is 2. The molecule has 1 atom stereocenters. The van der Waals surface area contributed by atoms with Gasteiger partial charge in [-0.25, -0.2) is 14.4 Å². The van der Waals surface area contributed by atoms with Crippen LogP contribution in [0.1, 0.15) is 30.7 Å². The molecule has 140 valence electrons. The third-order valence-electron chi connectivity index (χ3n) is 3.78. The number of carbonyl (C=O) groups excluding carboxylic acids is 3.